The Labute approximate surface area is 125 Å². The molecule has 0 saturated carbocycles. The quantitative estimate of drug-likeness (QED) is 0.719. The third kappa shape index (κ3) is 5.21. The molecule has 5 heteroatoms. The molecule has 0 spiro atoms. The summed E-state index contributed by atoms with van der Waals surface area (Å²) in [5.74, 6) is 0.824. The molecule has 2 N–H and O–H groups in total. The van der Waals surface area contributed by atoms with Crippen LogP contribution in [-0.4, -0.2) is 40.7 Å². The first-order chi connectivity index (χ1) is 10.1. The van der Waals surface area contributed by atoms with E-state index in [-0.39, 0.29) is 0 Å². The third-order valence-corrected chi connectivity index (χ3v) is 3.23. The van der Waals surface area contributed by atoms with Crippen LogP contribution < -0.4 is 10.1 Å². The van der Waals surface area contributed by atoms with Crippen LogP contribution >= 0.6 is 0 Å². The van der Waals surface area contributed by atoms with E-state index in [1.807, 2.05) is 50.5 Å². The standard InChI is InChI=1S/C16H23N3O2/c1-13-5-3-4-6-16(13)21-12-15(20)11-17-9-7-14-8-10-19(2)18-14/h3-6,8,10,15,17,20H,7,9,11-12H2,1-2H3. The Hall–Kier alpha value is -1.85. The van der Waals surface area contributed by atoms with Crippen molar-refractivity contribution in [1.82, 2.24) is 15.1 Å². The molecule has 1 unspecified atom stereocenters. The summed E-state index contributed by atoms with van der Waals surface area (Å²) in [7, 11) is 1.91. The summed E-state index contributed by atoms with van der Waals surface area (Å²) in [6.45, 7) is 3.59. The normalized spacial score (nSPS) is 12.3. The van der Waals surface area contributed by atoms with Crippen LogP contribution in [-0.2, 0) is 13.5 Å². The zero-order valence-corrected chi connectivity index (χ0v) is 12.6. The van der Waals surface area contributed by atoms with Gasteiger partial charge in [0, 0.05) is 32.8 Å². The van der Waals surface area contributed by atoms with Crippen molar-refractivity contribution in [2.24, 2.45) is 7.05 Å². The molecule has 0 radical (unpaired) electrons. The first-order valence-electron chi connectivity index (χ1n) is 7.21. The lowest BCUT2D eigenvalue weighted by Crippen LogP contribution is -2.32. The van der Waals surface area contributed by atoms with Gasteiger partial charge in [-0.2, -0.15) is 5.10 Å². The molecule has 0 amide bonds. The Morgan fingerprint density at radius 3 is 2.86 bits per heavy atom. The highest BCUT2D eigenvalue weighted by Crippen LogP contribution is 2.16. The molecule has 0 fully saturated rings. The Balaban J connectivity index is 1.61. The lowest BCUT2D eigenvalue weighted by Gasteiger charge is -2.14. The van der Waals surface area contributed by atoms with Crippen molar-refractivity contribution in [1.29, 1.82) is 0 Å². The fourth-order valence-electron chi connectivity index (χ4n) is 2.04. The molecule has 0 saturated heterocycles. The maximum atomic E-state index is 9.90. The molecule has 1 heterocycles. The SMILES string of the molecule is Cc1ccccc1OCC(O)CNCCc1ccn(C)n1. The number of aromatic nitrogens is 2. The number of aliphatic hydroxyl groups is 1. The summed E-state index contributed by atoms with van der Waals surface area (Å²) < 4.78 is 7.40. The van der Waals surface area contributed by atoms with Crippen molar-refractivity contribution in [2.75, 3.05) is 19.7 Å². The molecular weight excluding hydrogens is 266 g/mol. The number of rotatable bonds is 8. The van der Waals surface area contributed by atoms with Crippen molar-refractivity contribution < 1.29 is 9.84 Å². The number of nitrogens with zero attached hydrogens (tertiary/aromatic N) is 2. The average molecular weight is 289 g/mol. The summed E-state index contributed by atoms with van der Waals surface area (Å²) in [6, 6.07) is 9.81. The Morgan fingerprint density at radius 2 is 2.14 bits per heavy atom. The van der Waals surface area contributed by atoms with Crippen molar-refractivity contribution in [2.45, 2.75) is 19.4 Å². The Morgan fingerprint density at radius 1 is 1.33 bits per heavy atom. The molecule has 0 aliphatic rings. The van der Waals surface area contributed by atoms with Crippen LogP contribution in [0.2, 0.25) is 0 Å². The van der Waals surface area contributed by atoms with Gasteiger partial charge in [-0.15, -0.1) is 0 Å². The number of hydrogen-bond acceptors (Lipinski definition) is 4. The molecule has 0 aliphatic heterocycles. The minimum Gasteiger partial charge on any atom is -0.491 e. The van der Waals surface area contributed by atoms with Crippen LogP contribution in [0.1, 0.15) is 11.3 Å². The van der Waals surface area contributed by atoms with Gasteiger partial charge in [-0.1, -0.05) is 18.2 Å². The van der Waals surface area contributed by atoms with Gasteiger partial charge in [0.1, 0.15) is 18.5 Å². The summed E-state index contributed by atoms with van der Waals surface area (Å²) in [4.78, 5) is 0. The highest BCUT2D eigenvalue weighted by atomic mass is 16.5. The number of para-hydroxylation sites is 1. The van der Waals surface area contributed by atoms with Gasteiger partial charge < -0.3 is 15.2 Å². The number of benzene rings is 1. The second-order valence-electron chi connectivity index (χ2n) is 5.17. The van der Waals surface area contributed by atoms with Crippen molar-refractivity contribution >= 4 is 0 Å². The van der Waals surface area contributed by atoms with E-state index >= 15 is 0 Å². The lowest BCUT2D eigenvalue weighted by atomic mass is 10.2. The van der Waals surface area contributed by atoms with E-state index in [1.165, 1.54) is 0 Å². The monoisotopic (exact) mass is 289 g/mol. The summed E-state index contributed by atoms with van der Waals surface area (Å²) in [5.41, 5.74) is 2.13. The van der Waals surface area contributed by atoms with Crippen molar-refractivity contribution in [3.05, 3.63) is 47.8 Å². The number of ether oxygens (including phenoxy) is 1. The van der Waals surface area contributed by atoms with E-state index in [2.05, 4.69) is 10.4 Å². The largest absolute Gasteiger partial charge is 0.491 e. The molecular formula is C16H23N3O2. The Kier molecular flexibility index (Phi) is 5.78. The zero-order valence-electron chi connectivity index (χ0n) is 12.6. The van der Waals surface area contributed by atoms with Crippen molar-refractivity contribution in [3.8, 4) is 5.75 Å². The zero-order chi connectivity index (χ0) is 15.1. The molecule has 0 bridgehead atoms. The van der Waals surface area contributed by atoms with Crippen molar-refractivity contribution in [3.63, 3.8) is 0 Å². The van der Waals surface area contributed by atoms with Gasteiger partial charge in [-0.25, -0.2) is 0 Å². The minimum absolute atomic E-state index is 0.293. The Bertz CT molecular complexity index is 554. The number of aliphatic hydroxyl groups excluding tert-OH is 1. The first kappa shape index (κ1) is 15.5. The number of aryl methyl sites for hydroxylation is 2. The summed E-state index contributed by atoms with van der Waals surface area (Å²) in [6.07, 6.45) is 2.26. The van der Waals surface area contributed by atoms with E-state index in [1.54, 1.807) is 4.68 Å². The average Bonchev–Trinajstić information content (AvgIpc) is 2.88. The maximum absolute atomic E-state index is 9.90. The molecule has 114 valence electrons. The minimum atomic E-state index is -0.520. The van der Waals surface area contributed by atoms with Crippen LogP contribution in [0.25, 0.3) is 0 Å². The van der Waals surface area contributed by atoms with Gasteiger partial charge in [-0.05, 0) is 24.6 Å². The van der Waals surface area contributed by atoms with E-state index < -0.39 is 6.10 Å². The molecule has 1 aromatic carbocycles. The second kappa shape index (κ2) is 7.81. The fourth-order valence-corrected chi connectivity index (χ4v) is 2.04. The molecule has 2 rings (SSSR count). The van der Waals surface area contributed by atoms with Crippen LogP contribution in [0.4, 0.5) is 0 Å². The second-order valence-corrected chi connectivity index (χ2v) is 5.17. The fraction of sp³-hybridized carbons (Fsp3) is 0.438. The van der Waals surface area contributed by atoms with Gasteiger partial charge in [0.05, 0.1) is 5.69 Å². The molecule has 1 aromatic heterocycles. The number of hydrogen-bond donors (Lipinski definition) is 2. The predicted octanol–water partition coefficient (Wildman–Crippen LogP) is 1.30. The van der Waals surface area contributed by atoms with E-state index in [0.29, 0.717) is 13.2 Å². The van der Waals surface area contributed by atoms with Crippen LogP contribution in [0.3, 0.4) is 0 Å². The first-order valence-corrected chi connectivity index (χ1v) is 7.21. The van der Waals surface area contributed by atoms with Crippen LogP contribution in [0.15, 0.2) is 36.5 Å². The molecule has 2 aromatic rings. The molecule has 5 nitrogen and oxygen atoms in total. The summed E-state index contributed by atoms with van der Waals surface area (Å²) >= 11 is 0. The van der Waals surface area contributed by atoms with Gasteiger partial charge in [0.15, 0.2) is 0 Å². The molecule has 21 heavy (non-hydrogen) atoms. The van der Waals surface area contributed by atoms with Crippen LogP contribution in [0.5, 0.6) is 5.75 Å². The molecule has 1 atom stereocenters. The van der Waals surface area contributed by atoms with Crippen LogP contribution in [0, 0.1) is 6.92 Å². The lowest BCUT2D eigenvalue weighted by molar-refractivity contribution is 0.106. The molecule has 0 aliphatic carbocycles. The summed E-state index contributed by atoms with van der Waals surface area (Å²) in [5, 5.41) is 17.4. The van der Waals surface area contributed by atoms with Gasteiger partial charge >= 0.3 is 0 Å². The van der Waals surface area contributed by atoms with E-state index in [0.717, 1.165) is 30.0 Å². The highest BCUT2D eigenvalue weighted by Gasteiger charge is 2.06. The van der Waals surface area contributed by atoms with Gasteiger partial charge in [-0.3, -0.25) is 4.68 Å². The third-order valence-electron chi connectivity index (χ3n) is 3.23. The maximum Gasteiger partial charge on any atom is 0.122 e. The predicted molar refractivity (Wildman–Crippen MR) is 82.5 cm³/mol. The highest BCUT2D eigenvalue weighted by molar-refractivity contribution is 5.31. The number of nitrogens with one attached hydrogen (secondary N) is 1. The van der Waals surface area contributed by atoms with Gasteiger partial charge in [0.25, 0.3) is 0 Å². The topological polar surface area (TPSA) is 59.3 Å². The van der Waals surface area contributed by atoms with Gasteiger partial charge in [0.2, 0.25) is 0 Å². The van der Waals surface area contributed by atoms with E-state index in [4.69, 9.17) is 4.74 Å². The smallest absolute Gasteiger partial charge is 0.122 e. The van der Waals surface area contributed by atoms with E-state index in [9.17, 15) is 5.11 Å².